The van der Waals surface area contributed by atoms with Crippen LogP contribution in [0.15, 0.2) is 28.7 Å². The Morgan fingerprint density at radius 2 is 2.19 bits per heavy atom. The summed E-state index contributed by atoms with van der Waals surface area (Å²) in [7, 11) is 0. The molecule has 7 heteroatoms. The van der Waals surface area contributed by atoms with Gasteiger partial charge in [0.1, 0.15) is 5.69 Å². The van der Waals surface area contributed by atoms with Crippen molar-refractivity contribution in [1.29, 1.82) is 0 Å². The SMILES string of the molecule is O=C(O)[C@H]1CN(C(=O)c2cc3cc(Br)ccc3[nH]2)CCO1. The third-order valence-corrected chi connectivity index (χ3v) is 3.94. The van der Waals surface area contributed by atoms with Gasteiger partial charge in [-0.25, -0.2) is 4.79 Å². The quantitative estimate of drug-likeness (QED) is 0.863. The van der Waals surface area contributed by atoms with Crippen LogP contribution in [0.25, 0.3) is 10.9 Å². The van der Waals surface area contributed by atoms with E-state index in [9.17, 15) is 9.59 Å². The molecule has 1 aliphatic rings. The Bertz CT molecular complexity index is 712. The number of carboxylic acids is 1. The van der Waals surface area contributed by atoms with Gasteiger partial charge in [-0.1, -0.05) is 15.9 Å². The molecule has 0 saturated carbocycles. The summed E-state index contributed by atoms with van der Waals surface area (Å²) in [6, 6.07) is 7.47. The summed E-state index contributed by atoms with van der Waals surface area (Å²) < 4.78 is 6.06. The van der Waals surface area contributed by atoms with E-state index in [1.807, 2.05) is 18.2 Å². The minimum Gasteiger partial charge on any atom is -0.479 e. The van der Waals surface area contributed by atoms with Crippen molar-refractivity contribution in [2.24, 2.45) is 0 Å². The van der Waals surface area contributed by atoms with E-state index in [2.05, 4.69) is 20.9 Å². The summed E-state index contributed by atoms with van der Waals surface area (Å²) in [5, 5.41) is 9.90. The third-order valence-electron chi connectivity index (χ3n) is 3.44. The Hall–Kier alpha value is -1.86. The minimum absolute atomic E-state index is 0.0627. The Kier molecular flexibility index (Phi) is 3.69. The van der Waals surface area contributed by atoms with Crippen LogP contribution in [0, 0.1) is 0 Å². The van der Waals surface area contributed by atoms with E-state index in [1.54, 1.807) is 6.07 Å². The highest BCUT2D eigenvalue weighted by Crippen LogP contribution is 2.21. The van der Waals surface area contributed by atoms with Crippen LogP contribution in [-0.4, -0.2) is 52.7 Å². The molecule has 2 aromatic rings. The number of carboxylic acid groups (broad SMARTS) is 1. The predicted molar refractivity (Wildman–Crippen MR) is 79.3 cm³/mol. The molecule has 1 atom stereocenters. The second-order valence-electron chi connectivity index (χ2n) is 4.86. The number of carbonyl (C=O) groups excluding carboxylic acids is 1. The first-order valence-electron chi connectivity index (χ1n) is 6.46. The number of nitrogens with one attached hydrogen (secondary N) is 1. The number of rotatable bonds is 2. The van der Waals surface area contributed by atoms with Crippen molar-refractivity contribution < 1.29 is 19.4 Å². The Morgan fingerprint density at radius 3 is 2.95 bits per heavy atom. The average Bonchev–Trinajstić information content (AvgIpc) is 2.89. The lowest BCUT2D eigenvalue weighted by molar-refractivity contribution is -0.154. The highest BCUT2D eigenvalue weighted by atomic mass is 79.9. The molecule has 1 aromatic heterocycles. The summed E-state index contributed by atoms with van der Waals surface area (Å²) in [4.78, 5) is 28.0. The monoisotopic (exact) mass is 352 g/mol. The lowest BCUT2D eigenvalue weighted by Crippen LogP contribution is -2.48. The van der Waals surface area contributed by atoms with Gasteiger partial charge in [-0.3, -0.25) is 4.79 Å². The van der Waals surface area contributed by atoms with Crippen LogP contribution < -0.4 is 0 Å². The van der Waals surface area contributed by atoms with E-state index >= 15 is 0 Å². The molecular weight excluding hydrogens is 340 g/mol. The van der Waals surface area contributed by atoms with Crippen LogP contribution in [0.2, 0.25) is 0 Å². The molecule has 0 aliphatic carbocycles. The lowest BCUT2D eigenvalue weighted by Gasteiger charge is -2.30. The zero-order valence-corrected chi connectivity index (χ0v) is 12.6. The van der Waals surface area contributed by atoms with Crippen molar-refractivity contribution in [2.75, 3.05) is 19.7 Å². The number of aromatic nitrogens is 1. The molecule has 110 valence electrons. The molecule has 0 unspecified atom stereocenters. The summed E-state index contributed by atoms with van der Waals surface area (Å²) in [5.41, 5.74) is 1.32. The van der Waals surface area contributed by atoms with E-state index < -0.39 is 12.1 Å². The molecule has 0 spiro atoms. The van der Waals surface area contributed by atoms with Crippen molar-refractivity contribution in [3.8, 4) is 0 Å². The zero-order valence-electron chi connectivity index (χ0n) is 11.0. The zero-order chi connectivity index (χ0) is 15.0. The summed E-state index contributed by atoms with van der Waals surface area (Å²) >= 11 is 3.39. The highest BCUT2D eigenvalue weighted by Gasteiger charge is 2.30. The van der Waals surface area contributed by atoms with Crippen LogP contribution >= 0.6 is 15.9 Å². The number of ether oxygens (including phenoxy) is 1. The fourth-order valence-electron chi connectivity index (χ4n) is 2.37. The molecule has 1 fully saturated rings. The second-order valence-corrected chi connectivity index (χ2v) is 5.78. The number of hydrogen-bond donors (Lipinski definition) is 2. The molecule has 1 aliphatic heterocycles. The van der Waals surface area contributed by atoms with Crippen LogP contribution in [0.3, 0.4) is 0 Å². The van der Waals surface area contributed by atoms with Crippen molar-refractivity contribution in [3.63, 3.8) is 0 Å². The predicted octanol–water partition coefficient (Wildman–Crippen LogP) is 1.86. The molecular formula is C14H13BrN2O4. The normalized spacial score (nSPS) is 18.9. The molecule has 3 rings (SSSR count). The first-order valence-corrected chi connectivity index (χ1v) is 7.26. The molecule has 1 amide bonds. The van der Waals surface area contributed by atoms with E-state index in [0.717, 1.165) is 15.4 Å². The molecule has 2 N–H and O–H groups in total. The Labute approximate surface area is 128 Å². The number of aliphatic carboxylic acids is 1. The largest absolute Gasteiger partial charge is 0.479 e. The number of carbonyl (C=O) groups is 2. The van der Waals surface area contributed by atoms with Gasteiger partial charge in [0.2, 0.25) is 0 Å². The number of amides is 1. The maximum Gasteiger partial charge on any atom is 0.334 e. The number of fused-ring (bicyclic) bond motifs is 1. The number of benzene rings is 1. The van der Waals surface area contributed by atoms with Gasteiger partial charge in [0, 0.05) is 21.9 Å². The van der Waals surface area contributed by atoms with Crippen molar-refractivity contribution in [3.05, 3.63) is 34.4 Å². The molecule has 21 heavy (non-hydrogen) atoms. The summed E-state index contributed by atoms with van der Waals surface area (Å²) in [6.45, 7) is 0.684. The first kappa shape index (κ1) is 14.1. The van der Waals surface area contributed by atoms with Gasteiger partial charge in [-0.2, -0.15) is 0 Å². The molecule has 6 nitrogen and oxygen atoms in total. The Balaban J connectivity index is 1.84. The van der Waals surface area contributed by atoms with Gasteiger partial charge < -0.3 is 19.7 Å². The smallest absolute Gasteiger partial charge is 0.334 e. The fraction of sp³-hybridized carbons (Fsp3) is 0.286. The average molecular weight is 353 g/mol. The van der Waals surface area contributed by atoms with E-state index in [-0.39, 0.29) is 19.1 Å². The van der Waals surface area contributed by atoms with Crippen molar-refractivity contribution >= 4 is 38.7 Å². The van der Waals surface area contributed by atoms with E-state index in [0.29, 0.717) is 12.2 Å². The highest BCUT2D eigenvalue weighted by molar-refractivity contribution is 9.10. The second kappa shape index (κ2) is 5.50. The number of halogens is 1. The number of aromatic amines is 1. The molecule has 0 bridgehead atoms. The van der Waals surface area contributed by atoms with Crippen LogP contribution in [-0.2, 0) is 9.53 Å². The summed E-state index contributed by atoms with van der Waals surface area (Å²) in [5.74, 6) is -1.26. The number of hydrogen-bond acceptors (Lipinski definition) is 3. The van der Waals surface area contributed by atoms with Gasteiger partial charge in [-0.15, -0.1) is 0 Å². The molecule has 1 aromatic carbocycles. The van der Waals surface area contributed by atoms with Gasteiger partial charge in [0.15, 0.2) is 6.10 Å². The van der Waals surface area contributed by atoms with Gasteiger partial charge in [0.05, 0.1) is 13.2 Å². The summed E-state index contributed by atoms with van der Waals surface area (Å²) in [6.07, 6.45) is -0.957. The fourth-order valence-corrected chi connectivity index (χ4v) is 2.75. The molecule has 2 heterocycles. The number of morpholine rings is 1. The standard InChI is InChI=1S/C14H13BrN2O4/c15-9-1-2-10-8(5-9)6-11(16-10)13(18)17-3-4-21-12(7-17)14(19)20/h1-2,5-6,12,16H,3-4,7H2,(H,19,20)/t12-/m1/s1. The first-order chi connectivity index (χ1) is 10.0. The van der Waals surface area contributed by atoms with E-state index in [1.165, 1.54) is 4.90 Å². The van der Waals surface area contributed by atoms with Crippen LogP contribution in [0.1, 0.15) is 10.5 Å². The maximum atomic E-state index is 12.5. The van der Waals surface area contributed by atoms with Crippen LogP contribution in [0.5, 0.6) is 0 Å². The van der Waals surface area contributed by atoms with Gasteiger partial charge in [-0.05, 0) is 24.3 Å². The maximum absolute atomic E-state index is 12.5. The molecule has 0 radical (unpaired) electrons. The topological polar surface area (TPSA) is 82.6 Å². The third kappa shape index (κ3) is 2.79. The van der Waals surface area contributed by atoms with Gasteiger partial charge >= 0.3 is 5.97 Å². The number of nitrogens with zero attached hydrogens (tertiary/aromatic N) is 1. The van der Waals surface area contributed by atoms with Crippen molar-refractivity contribution in [1.82, 2.24) is 9.88 Å². The van der Waals surface area contributed by atoms with Crippen molar-refractivity contribution in [2.45, 2.75) is 6.10 Å². The molecule has 1 saturated heterocycles. The lowest BCUT2D eigenvalue weighted by atomic mass is 10.2. The van der Waals surface area contributed by atoms with Gasteiger partial charge in [0.25, 0.3) is 5.91 Å². The Morgan fingerprint density at radius 1 is 1.38 bits per heavy atom. The van der Waals surface area contributed by atoms with Crippen LogP contribution in [0.4, 0.5) is 0 Å². The number of H-pyrrole nitrogens is 1. The minimum atomic E-state index is -1.05. The van der Waals surface area contributed by atoms with E-state index in [4.69, 9.17) is 9.84 Å².